The molecule has 0 bridgehead atoms. The molecule has 2 rings (SSSR count). The van der Waals surface area contributed by atoms with Gasteiger partial charge in [0.25, 0.3) is 0 Å². The number of hydrogen-bond donors (Lipinski definition) is 0. The number of likely N-dealkylation sites (tertiary alicyclic amines) is 1. The van der Waals surface area contributed by atoms with E-state index in [0.29, 0.717) is 13.1 Å². The van der Waals surface area contributed by atoms with Crippen molar-refractivity contribution >= 4 is 12.1 Å². The van der Waals surface area contributed by atoms with Crippen LogP contribution in [-0.2, 0) is 16.0 Å². The Hall–Kier alpha value is -1.84. The Kier molecular flexibility index (Phi) is 3.75. The van der Waals surface area contributed by atoms with E-state index in [1.165, 1.54) is 0 Å². The minimum atomic E-state index is -0.511. The van der Waals surface area contributed by atoms with Gasteiger partial charge in [-0.1, -0.05) is 30.3 Å². The van der Waals surface area contributed by atoms with Crippen LogP contribution in [0, 0.1) is 0 Å². The molecule has 1 aliphatic rings. The van der Waals surface area contributed by atoms with Gasteiger partial charge in [-0.05, 0) is 18.4 Å². The summed E-state index contributed by atoms with van der Waals surface area (Å²) >= 11 is 0. The maximum Gasteiger partial charge on any atom is 0.417 e. The van der Waals surface area contributed by atoms with Crippen LogP contribution in [0.2, 0.25) is 0 Å². The highest BCUT2D eigenvalue weighted by atomic mass is 16.6. The molecule has 0 N–H and O–H groups in total. The Morgan fingerprint density at radius 1 is 1.12 bits per heavy atom. The van der Waals surface area contributed by atoms with Crippen molar-refractivity contribution in [2.75, 3.05) is 13.1 Å². The van der Waals surface area contributed by atoms with E-state index in [1.54, 1.807) is 4.90 Å². The van der Waals surface area contributed by atoms with Crippen LogP contribution in [0.3, 0.4) is 0 Å². The van der Waals surface area contributed by atoms with Crippen LogP contribution in [0.1, 0.15) is 18.4 Å². The van der Waals surface area contributed by atoms with Crippen molar-refractivity contribution in [3.05, 3.63) is 35.9 Å². The molecule has 0 spiro atoms. The summed E-state index contributed by atoms with van der Waals surface area (Å²) in [6.45, 7) is 1.38. The number of ether oxygens (including phenoxy) is 1. The van der Waals surface area contributed by atoms with E-state index in [0.717, 1.165) is 18.4 Å². The molecular formula is C13H15NO3. The standard InChI is InChI=1S/C13H15NO3/c15-12(10-11-6-2-1-3-7-11)17-13(16)14-8-4-5-9-14/h1-3,6-7H,4-5,8-10H2. The van der Waals surface area contributed by atoms with Gasteiger partial charge in [-0.25, -0.2) is 4.79 Å². The average molecular weight is 233 g/mol. The molecule has 0 aliphatic carbocycles. The van der Waals surface area contributed by atoms with Crippen LogP contribution >= 0.6 is 0 Å². The number of rotatable bonds is 2. The second-order valence-corrected chi connectivity index (χ2v) is 4.10. The lowest BCUT2D eigenvalue weighted by Crippen LogP contribution is -2.30. The van der Waals surface area contributed by atoms with Crippen LogP contribution in [0.25, 0.3) is 0 Å². The first-order chi connectivity index (χ1) is 8.25. The summed E-state index contributed by atoms with van der Waals surface area (Å²) in [5.74, 6) is -0.492. The molecular weight excluding hydrogens is 218 g/mol. The van der Waals surface area contributed by atoms with E-state index < -0.39 is 12.1 Å². The molecule has 0 unspecified atom stereocenters. The summed E-state index contributed by atoms with van der Waals surface area (Å²) < 4.78 is 4.79. The van der Waals surface area contributed by atoms with E-state index in [4.69, 9.17) is 4.74 Å². The number of benzene rings is 1. The van der Waals surface area contributed by atoms with Crippen molar-refractivity contribution in [2.24, 2.45) is 0 Å². The molecule has 1 aromatic rings. The number of hydrogen-bond acceptors (Lipinski definition) is 3. The zero-order valence-electron chi connectivity index (χ0n) is 9.59. The van der Waals surface area contributed by atoms with Gasteiger partial charge in [-0.2, -0.15) is 0 Å². The first-order valence-corrected chi connectivity index (χ1v) is 5.79. The second kappa shape index (κ2) is 5.48. The Bertz CT molecular complexity index is 396. The van der Waals surface area contributed by atoms with Gasteiger partial charge in [0, 0.05) is 13.1 Å². The molecule has 1 aliphatic heterocycles. The molecule has 0 atom stereocenters. The van der Waals surface area contributed by atoms with Gasteiger partial charge in [0.15, 0.2) is 0 Å². The van der Waals surface area contributed by atoms with Crippen LogP contribution in [-0.4, -0.2) is 30.1 Å². The highest BCUT2D eigenvalue weighted by Crippen LogP contribution is 2.09. The minimum absolute atomic E-state index is 0.139. The fourth-order valence-electron chi connectivity index (χ4n) is 1.86. The van der Waals surface area contributed by atoms with Gasteiger partial charge in [0.05, 0.1) is 6.42 Å². The Morgan fingerprint density at radius 3 is 2.41 bits per heavy atom. The Balaban J connectivity index is 1.83. The van der Waals surface area contributed by atoms with E-state index >= 15 is 0 Å². The number of nitrogens with zero attached hydrogens (tertiary/aromatic N) is 1. The third-order valence-corrected chi connectivity index (χ3v) is 2.76. The Morgan fingerprint density at radius 2 is 1.76 bits per heavy atom. The van der Waals surface area contributed by atoms with Crippen molar-refractivity contribution < 1.29 is 14.3 Å². The lowest BCUT2D eigenvalue weighted by atomic mass is 10.2. The van der Waals surface area contributed by atoms with Crippen LogP contribution in [0.4, 0.5) is 4.79 Å². The summed E-state index contributed by atoms with van der Waals surface area (Å²) in [5.41, 5.74) is 0.853. The second-order valence-electron chi connectivity index (χ2n) is 4.10. The molecule has 4 nitrogen and oxygen atoms in total. The van der Waals surface area contributed by atoms with E-state index in [-0.39, 0.29) is 6.42 Å². The topological polar surface area (TPSA) is 46.6 Å². The lowest BCUT2D eigenvalue weighted by Gasteiger charge is -2.13. The van der Waals surface area contributed by atoms with Crippen molar-refractivity contribution in [1.29, 1.82) is 0 Å². The molecule has 1 saturated heterocycles. The first-order valence-electron chi connectivity index (χ1n) is 5.79. The molecule has 0 radical (unpaired) electrons. The molecule has 1 fully saturated rings. The van der Waals surface area contributed by atoms with Crippen molar-refractivity contribution in [3.63, 3.8) is 0 Å². The van der Waals surface area contributed by atoms with E-state index in [1.807, 2.05) is 30.3 Å². The molecule has 1 aromatic carbocycles. The summed E-state index contributed by atoms with van der Waals surface area (Å²) in [7, 11) is 0. The fourth-order valence-corrected chi connectivity index (χ4v) is 1.86. The zero-order chi connectivity index (χ0) is 12.1. The van der Waals surface area contributed by atoms with Crippen molar-refractivity contribution in [2.45, 2.75) is 19.3 Å². The van der Waals surface area contributed by atoms with E-state index in [2.05, 4.69) is 0 Å². The van der Waals surface area contributed by atoms with Gasteiger partial charge in [-0.15, -0.1) is 0 Å². The van der Waals surface area contributed by atoms with Crippen LogP contribution in [0.15, 0.2) is 30.3 Å². The maximum atomic E-state index is 11.5. The number of amides is 1. The zero-order valence-corrected chi connectivity index (χ0v) is 9.59. The molecule has 4 heteroatoms. The van der Waals surface area contributed by atoms with Crippen molar-refractivity contribution in [3.8, 4) is 0 Å². The normalized spacial score (nSPS) is 14.7. The SMILES string of the molecule is O=C(Cc1ccccc1)OC(=O)N1CCCC1. The Labute approximate surface area is 100 Å². The molecule has 17 heavy (non-hydrogen) atoms. The minimum Gasteiger partial charge on any atom is -0.376 e. The molecule has 0 saturated carbocycles. The fraction of sp³-hybridized carbons (Fsp3) is 0.385. The average Bonchev–Trinajstić information content (AvgIpc) is 2.83. The van der Waals surface area contributed by atoms with Crippen molar-refractivity contribution in [1.82, 2.24) is 4.90 Å². The maximum absolute atomic E-state index is 11.5. The predicted octanol–water partition coefficient (Wildman–Crippen LogP) is 1.99. The van der Waals surface area contributed by atoms with Gasteiger partial charge in [-0.3, -0.25) is 4.79 Å². The summed E-state index contributed by atoms with van der Waals surface area (Å²) in [6, 6.07) is 9.25. The molecule has 90 valence electrons. The molecule has 0 aromatic heterocycles. The van der Waals surface area contributed by atoms with Gasteiger partial charge in [0.1, 0.15) is 0 Å². The summed E-state index contributed by atoms with van der Waals surface area (Å²) in [4.78, 5) is 24.6. The highest BCUT2D eigenvalue weighted by molar-refractivity contribution is 5.85. The van der Waals surface area contributed by atoms with Gasteiger partial charge >= 0.3 is 12.1 Å². The smallest absolute Gasteiger partial charge is 0.376 e. The largest absolute Gasteiger partial charge is 0.417 e. The van der Waals surface area contributed by atoms with E-state index in [9.17, 15) is 9.59 Å². The molecule has 1 heterocycles. The number of carbonyl (C=O) groups excluding carboxylic acids is 2. The third kappa shape index (κ3) is 3.31. The monoisotopic (exact) mass is 233 g/mol. The summed E-state index contributed by atoms with van der Waals surface area (Å²) in [5, 5.41) is 0. The first kappa shape index (κ1) is 11.6. The highest BCUT2D eigenvalue weighted by Gasteiger charge is 2.21. The lowest BCUT2D eigenvalue weighted by molar-refractivity contribution is -0.137. The van der Waals surface area contributed by atoms with Gasteiger partial charge < -0.3 is 9.64 Å². The number of esters is 1. The summed E-state index contributed by atoms with van der Waals surface area (Å²) in [6.07, 6.45) is 1.60. The third-order valence-electron chi connectivity index (χ3n) is 2.76. The predicted molar refractivity (Wildman–Crippen MR) is 62.4 cm³/mol. The van der Waals surface area contributed by atoms with Crippen LogP contribution < -0.4 is 0 Å². The quantitative estimate of drug-likeness (QED) is 0.579. The molecule has 1 amide bonds. The van der Waals surface area contributed by atoms with Crippen LogP contribution in [0.5, 0.6) is 0 Å². The number of carbonyl (C=O) groups is 2. The van der Waals surface area contributed by atoms with Gasteiger partial charge in [0.2, 0.25) is 0 Å².